The number of tetrazole rings is 1. The highest BCUT2D eigenvalue weighted by atomic mass is 35.5. The standard InChI is InChI=1S/C13H18ClN5/c1-8(2)9(3)7-19-13(16-17-18-19)10-4-5-11(14)12(15)6-10/h4-6,8-9H,7,15H2,1-3H3. The summed E-state index contributed by atoms with van der Waals surface area (Å²) in [5.41, 5.74) is 7.23. The highest BCUT2D eigenvalue weighted by Gasteiger charge is 2.14. The van der Waals surface area contributed by atoms with Crippen LogP contribution >= 0.6 is 11.6 Å². The van der Waals surface area contributed by atoms with Crippen molar-refractivity contribution < 1.29 is 0 Å². The van der Waals surface area contributed by atoms with Gasteiger partial charge in [-0.05, 0) is 40.5 Å². The monoisotopic (exact) mass is 279 g/mol. The van der Waals surface area contributed by atoms with E-state index in [1.54, 1.807) is 12.1 Å². The molecule has 0 saturated carbocycles. The first-order chi connectivity index (χ1) is 8.99. The van der Waals surface area contributed by atoms with E-state index in [1.165, 1.54) is 0 Å². The van der Waals surface area contributed by atoms with Crippen molar-refractivity contribution in [1.82, 2.24) is 20.2 Å². The fourth-order valence-electron chi connectivity index (χ4n) is 1.70. The van der Waals surface area contributed by atoms with E-state index in [0.717, 1.165) is 17.9 Å². The van der Waals surface area contributed by atoms with Crippen molar-refractivity contribution in [3.8, 4) is 11.4 Å². The molecule has 1 atom stereocenters. The summed E-state index contributed by atoms with van der Waals surface area (Å²) >= 11 is 5.92. The van der Waals surface area contributed by atoms with E-state index in [1.807, 2.05) is 10.7 Å². The Hall–Kier alpha value is -1.62. The molecule has 2 rings (SSSR count). The van der Waals surface area contributed by atoms with Gasteiger partial charge in [0.1, 0.15) is 0 Å². The number of halogens is 1. The summed E-state index contributed by atoms with van der Waals surface area (Å²) in [6.07, 6.45) is 0. The molecule has 1 aromatic carbocycles. The van der Waals surface area contributed by atoms with Crippen LogP contribution in [0.25, 0.3) is 11.4 Å². The third-order valence-corrected chi connectivity index (χ3v) is 3.73. The Labute approximate surface area is 117 Å². The number of hydrogen-bond donors (Lipinski definition) is 1. The van der Waals surface area contributed by atoms with Crippen molar-refractivity contribution in [3.05, 3.63) is 23.2 Å². The van der Waals surface area contributed by atoms with Gasteiger partial charge < -0.3 is 5.73 Å². The fourth-order valence-corrected chi connectivity index (χ4v) is 1.82. The lowest BCUT2D eigenvalue weighted by molar-refractivity contribution is 0.347. The topological polar surface area (TPSA) is 69.6 Å². The zero-order chi connectivity index (χ0) is 14.0. The van der Waals surface area contributed by atoms with Gasteiger partial charge in [0.05, 0.1) is 10.7 Å². The summed E-state index contributed by atoms with van der Waals surface area (Å²) in [4.78, 5) is 0. The van der Waals surface area contributed by atoms with Crippen molar-refractivity contribution in [1.29, 1.82) is 0 Å². The molecule has 0 amide bonds. The summed E-state index contributed by atoms with van der Waals surface area (Å²) in [6, 6.07) is 5.43. The zero-order valence-corrected chi connectivity index (χ0v) is 12.1. The third-order valence-electron chi connectivity index (χ3n) is 3.39. The lowest BCUT2D eigenvalue weighted by atomic mass is 9.98. The maximum atomic E-state index is 5.92. The van der Waals surface area contributed by atoms with Crippen LogP contribution in [-0.4, -0.2) is 20.2 Å². The predicted octanol–water partition coefficient (Wildman–Crippen LogP) is 2.87. The number of nitrogen functional groups attached to an aromatic ring is 1. The summed E-state index contributed by atoms with van der Waals surface area (Å²) in [7, 11) is 0. The van der Waals surface area contributed by atoms with Gasteiger partial charge in [-0.3, -0.25) is 0 Å². The molecule has 19 heavy (non-hydrogen) atoms. The molecule has 1 unspecified atom stereocenters. The molecule has 0 aliphatic rings. The number of aromatic nitrogens is 4. The molecule has 6 heteroatoms. The Balaban J connectivity index is 2.30. The second-order valence-electron chi connectivity index (χ2n) is 5.14. The molecule has 0 aliphatic heterocycles. The van der Waals surface area contributed by atoms with Crippen LogP contribution in [0.5, 0.6) is 0 Å². The Bertz CT molecular complexity index is 564. The van der Waals surface area contributed by atoms with Gasteiger partial charge in [0.15, 0.2) is 5.82 Å². The van der Waals surface area contributed by atoms with Crippen LogP contribution < -0.4 is 5.73 Å². The van der Waals surface area contributed by atoms with E-state index in [4.69, 9.17) is 17.3 Å². The first-order valence-corrected chi connectivity index (χ1v) is 6.68. The highest BCUT2D eigenvalue weighted by Crippen LogP contribution is 2.25. The minimum absolute atomic E-state index is 0.492. The first kappa shape index (κ1) is 13.8. The minimum atomic E-state index is 0.492. The molecule has 0 bridgehead atoms. The summed E-state index contributed by atoms with van der Waals surface area (Å²) < 4.78 is 1.81. The number of nitrogens with zero attached hydrogens (tertiary/aromatic N) is 4. The molecule has 1 aromatic heterocycles. The SMILES string of the molecule is CC(C)C(C)Cn1nnnc1-c1ccc(Cl)c(N)c1. The molecule has 1 heterocycles. The van der Waals surface area contributed by atoms with Crippen molar-refractivity contribution in [2.24, 2.45) is 11.8 Å². The van der Waals surface area contributed by atoms with Gasteiger partial charge in [-0.2, -0.15) is 0 Å². The molecule has 2 aromatic rings. The average molecular weight is 280 g/mol. The molecule has 0 radical (unpaired) electrons. The zero-order valence-electron chi connectivity index (χ0n) is 11.3. The Morgan fingerprint density at radius 1 is 1.32 bits per heavy atom. The molecule has 0 spiro atoms. The number of nitrogens with two attached hydrogens (primary N) is 1. The van der Waals surface area contributed by atoms with Crippen LogP contribution in [0, 0.1) is 11.8 Å². The van der Waals surface area contributed by atoms with Crippen LogP contribution in [0.15, 0.2) is 18.2 Å². The lowest BCUT2D eigenvalue weighted by Crippen LogP contribution is -2.15. The summed E-state index contributed by atoms with van der Waals surface area (Å²) in [6.45, 7) is 7.35. The number of benzene rings is 1. The quantitative estimate of drug-likeness (QED) is 0.874. The molecular formula is C13H18ClN5. The molecule has 5 nitrogen and oxygen atoms in total. The fraction of sp³-hybridized carbons (Fsp3) is 0.462. The Morgan fingerprint density at radius 3 is 2.68 bits per heavy atom. The number of rotatable bonds is 4. The van der Waals surface area contributed by atoms with Crippen LogP contribution in [0.4, 0.5) is 5.69 Å². The van der Waals surface area contributed by atoms with Crippen molar-refractivity contribution >= 4 is 17.3 Å². The highest BCUT2D eigenvalue weighted by molar-refractivity contribution is 6.33. The Kier molecular flexibility index (Phi) is 4.04. The molecule has 102 valence electrons. The Morgan fingerprint density at radius 2 is 2.05 bits per heavy atom. The molecule has 0 aliphatic carbocycles. The molecule has 2 N–H and O–H groups in total. The van der Waals surface area contributed by atoms with Crippen molar-refractivity contribution in [3.63, 3.8) is 0 Å². The van der Waals surface area contributed by atoms with Gasteiger partial charge in [-0.1, -0.05) is 32.4 Å². The van der Waals surface area contributed by atoms with Crippen molar-refractivity contribution in [2.75, 3.05) is 5.73 Å². The molecule has 0 fully saturated rings. The van der Waals surface area contributed by atoms with Gasteiger partial charge in [0, 0.05) is 12.1 Å². The van der Waals surface area contributed by atoms with E-state index >= 15 is 0 Å². The largest absolute Gasteiger partial charge is 0.398 e. The van der Waals surface area contributed by atoms with Crippen LogP contribution in [-0.2, 0) is 6.54 Å². The average Bonchev–Trinajstić information content (AvgIpc) is 2.80. The van der Waals surface area contributed by atoms with Crippen LogP contribution in [0.3, 0.4) is 0 Å². The second kappa shape index (κ2) is 5.57. The normalized spacial score (nSPS) is 12.9. The maximum Gasteiger partial charge on any atom is 0.182 e. The van der Waals surface area contributed by atoms with E-state index in [2.05, 4.69) is 36.3 Å². The van der Waals surface area contributed by atoms with Crippen LogP contribution in [0.1, 0.15) is 20.8 Å². The van der Waals surface area contributed by atoms with Gasteiger partial charge in [0.2, 0.25) is 0 Å². The van der Waals surface area contributed by atoms with Gasteiger partial charge in [0.25, 0.3) is 0 Å². The third kappa shape index (κ3) is 3.04. The summed E-state index contributed by atoms with van der Waals surface area (Å²) in [5.74, 6) is 1.79. The van der Waals surface area contributed by atoms with E-state index in [-0.39, 0.29) is 0 Å². The summed E-state index contributed by atoms with van der Waals surface area (Å²) in [5, 5.41) is 12.4. The van der Waals surface area contributed by atoms with E-state index in [9.17, 15) is 0 Å². The van der Waals surface area contributed by atoms with Gasteiger partial charge in [-0.25, -0.2) is 4.68 Å². The molecular weight excluding hydrogens is 262 g/mol. The van der Waals surface area contributed by atoms with Crippen LogP contribution in [0.2, 0.25) is 5.02 Å². The minimum Gasteiger partial charge on any atom is -0.398 e. The van der Waals surface area contributed by atoms with Crippen molar-refractivity contribution in [2.45, 2.75) is 27.3 Å². The van der Waals surface area contributed by atoms with Gasteiger partial charge in [-0.15, -0.1) is 5.10 Å². The molecule has 0 saturated heterocycles. The first-order valence-electron chi connectivity index (χ1n) is 6.30. The smallest absolute Gasteiger partial charge is 0.182 e. The predicted molar refractivity (Wildman–Crippen MR) is 76.7 cm³/mol. The van der Waals surface area contributed by atoms with Gasteiger partial charge >= 0.3 is 0 Å². The lowest BCUT2D eigenvalue weighted by Gasteiger charge is -2.15. The number of anilines is 1. The maximum absolute atomic E-state index is 5.92. The van der Waals surface area contributed by atoms with E-state index in [0.29, 0.717) is 22.5 Å². The number of hydrogen-bond acceptors (Lipinski definition) is 4. The van der Waals surface area contributed by atoms with E-state index < -0.39 is 0 Å². The second-order valence-corrected chi connectivity index (χ2v) is 5.55.